The van der Waals surface area contributed by atoms with Crippen molar-refractivity contribution in [2.24, 2.45) is 5.73 Å². The van der Waals surface area contributed by atoms with Crippen molar-refractivity contribution in [2.45, 2.75) is 12.5 Å². The number of aliphatic hydroxyl groups excluding tert-OH is 1. The first-order valence-electron chi connectivity index (χ1n) is 4.67. The number of methoxy groups -OCH3 is 2. The lowest BCUT2D eigenvalue weighted by atomic mass is 10.1. The summed E-state index contributed by atoms with van der Waals surface area (Å²) in [6, 6.07) is 1.72. The monoisotopic (exact) mass is 212 g/mol. The van der Waals surface area contributed by atoms with Crippen molar-refractivity contribution in [2.75, 3.05) is 20.8 Å². The predicted octanol–water partition coefficient (Wildman–Crippen LogP) is -0.0391. The molecule has 0 amide bonds. The molecule has 0 spiro atoms. The second kappa shape index (κ2) is 5.53. The second-order valence-corrected chi connectivity index (χ2v) is 3.09. The van der Waals surface area contributed by atoms with E-state index in [1.165, 1.54) is 7.11 Å². The Kier molecular flexibility index (Phi) is 4.33. The van der Waals surface area contributed by atoms with Gasteiger partial charge in [-0.3, -0.25) is 0 Å². The Morgan fingerprint density at radius 2 is 2.20 bits per heavy atom. The van der Waals surface area contributed by atoms with E-state index < -0.39 is 6.10 Å². The van der Waals surface area contributed by atoms with E-state index >= 15 is 0 Å². The van der Waals surface area contributed by atoms with E-state index in [2.05, 4.69) is 4.98 Å². The zero-order valence-corrected chi connectivity index (χ0v) is 8.93. The molecule has 1 heterocycles. The van der Waals surface area contributed by atoms with Crippen molar-refractivity contribution in [3.8, 4) is 11.6 Å². The van der Waals surface area contributed by atoms with Gasteiger partial charge in [0.1, 0.15) is 5.75 Å². The number of rotatable bonds is 5. The average molecular weight is 212 g/mol. The van der Waals surface area contributed by atoms with Gasteiger partial charge >= 0.3 is 0 Å². The Bertz CT molecular complexity index is 295. The van der Waals surface area contributed by atoms with Crippen LogP contribution in [0.4, 0.5) is 0 Å². The van der Waals surface area contributed by atoms with E-state index in [0.29, 0.717) is 18.1 Å². The van der Waals surface area contributed by atoms with Crippen molar-refractivity contribution < 1.29 is 14.6 Å². The molecule has 1 rings (SSSR count). The molecule has 1 unspecified atom stereocenters. The van der Waals surface area contributed by atoms with Gasteiger partial charge in [0.2, 0.25) is 5.88 Å². The van der Waals surface area contributed by atoms with Gasteiger partial charge in [0.05, 0.1) is 25.9 Å². The Morgan fingerprint density at radius 1 is 1.47 bits per heavy atom. The van der Waals surface area contributed by atoms with Crippen molar-refractivity contribution in [1.82, 2.24) is 4.98 Å². The molecule has 0 radical (unpaired) electrons. The molecule has 0 aliphatic rings. The highest BCUT2D eigenvalue weighted by molar-refractivity contribution is 5.40. The summed E-state index contributed by atoms with van der Waals surface area (Å²) >= 11 is 0. The minimum atomic E-state index is -0.614. The van der Waals surface area contributed by atoms with Crippen molar-refractivity contribution in [3.05, 3.63) is 17.8 Å². The number of hydrogen-bond donors (Lipinski definition) is 2. The van der Waals surface area contributed by atoms with Crippen LogP contribution in [0.5, 0.6) is 11.6 Å². The fourth-order valence-corrected chi connectivity index (χ4v) is 1.33. The van der Waals surface area contributed by atoms with E-state index in [-0.39, 0.29) is 6.54 Å². The maximum Gasteiger partial charge on any atom is 0.220 e. The van der Waals surface area contributed by atoms with Crippen LogP contribution in [0, 0.1) is 0 Å². The molecule has 0 aromatic carbocycles. The lowest BCUT2D eigenvalue weighted by molar-refractivity contribution is 0.180. The summed E-state index contributed by atoms with van der Waals surface area (Å²) in [6.45, 7) is 0.196. The number of ether oxygens (including phenoxy) is 2. The van der Waals surface area contributed by atoms with Crippen LogP contribution in [-0.4, -0.2) is 37.0 Å². The summed E-state index contributed by atoms with van der Waals surface area (Å²) in [6.07, 6.45) is 1.35. The third kappa shape index (κ3) is 2.81. The van der Waals surface area contributed by atoms with E-state index in [9.17, 15) is 5.11 Å². The van der Waals surface area contributed by atoms with Crippen LogP contribution in [0.25, 0.3) is 0 Å². The van der Waals surface area contributed by atoms with Crippen LogP contribution < -0.4 is 15.2 Å². The van der Waals surface area contributed by atoms with Gasteiger partial charge in [-0.15, -0.1) is 0 Å². The molecular formula is C10H16N2O3. The normalized spacial score (nSPS) is 12.3. The fraction of sp³-hybridized carbons (Fsp3) is 0.500. The SMILES string of the molecule is COc1ccnc(OC)c1CC(O)CN. The standard InChI is InChI=1S/C10H16N2O3/c1-14-9-3-4-12-10(15-2)8(9)5-7(13)6-11/h3-4,7,13H,5-6,11H2,1-2H3. The zero-order valence-electron chi connectivity index (χ0n) is 8.93. The van der Waals surface area contributed by atoms with Crippen LogP contribution >= 0.6 is 0 Å². The number of nitrogens with zero attached hydrogens (tertiary/aromatic N) is 1. The van der Waals surface area contributed by atoms with Gasteiger partial charge in [-0.25, -0.2) is 4.98 Å². The van der Waals surface area contributed by atoms with Gasteiger partial charge in [0.25, 0.3) is 0 Å². The third-order valence-electron chi connectivity index (χ3n) is 2.10. The Balaban J connectivity index is 2.99. The quantitative estimate of drug-likeness (QED) is 0.716. The maximum absolute atomic E-state index is 9.49. The molecule has 0 bridgehead atoms. The summed E-state index contributed by atoms with van der Waals surface area (Å²) in [7, 11) is 3.09. The number of nitrogens with two attached hydrogens (primary N) is 1. The first-order chi connectivity index (χ1) is 7.22. The minimum absolute atomic E-state index is 0.196. The molecule has 84 valence electrons. The lowest BCUT2D eigenvalue weighted by Crippen LogP contribution is -2.22. The number of aliphatic hydroxyl groups is 1. The van der Waals surface area contributed by atoms with Crippen LogP contribution in [0.15, 0.2) is 12.3 Å². The highest BCUT2D eigenvalue weighted by Crippen LogP contribution is 2.26. The predicted molar refractivity (Wildman–Crippen MR) is 56.1 cm³/mol. The summed E-state index contributed by atoms with van der Waals surface area (Å²) in [5.41, 5.74) is 6.09. The molecule has 1 aromatic heterocycles. The molecule has 5 heteroatoms. The number of aromatic nitrogens is 1. The highest BCUT2D eigenvalue weighted by atomic mass is 16.5. The van der Waals surface area contributed by atoms with E-state index in [4.69, 9.17) is 15.2 Å². The van der Waals surface area contributed by atoms with Crippen molar-refractivity contribution in [3.63, 3.8) is 0 Å². The lowest BCUT2D eigenvalue weighted by Gasteiger charge is -2.14. The Labute approximate surface area is 88.8 Å². The molecular weight excluding hydrogens is 196 g/mol. The number of pyridine rings is 1. The van der Waals surface area contributed by atoms with E-state index in [0.717, 1.165) is 5.56 Å². The molecule has 0 aliphatic heterocycles. The topological polar surface area (TPSA) is 77.6 Å². The molecule has 1 aromatic rings. The van der Waals surface area contributed by atoms with E-state index in [1.54, 1.807) is 19.4 Å². The Morgan fingerprint density at radius 3 is 2.73 bits per heavy atom. The largest absolute Gasteiger partial charge is 0.496 e. The van der Waals surface area contributed by atoms with Gasteiger partial charge in [-0.1, -0.05) is 0 Å². The molecule has 15 heavy (non-hydrogen) atoms. The van der Waals surface area contributed by atoms with Gasteiger partial charge < -0.3 is 20.3 Å². The summed E-state index contributed by atoms with van der Waals surface area (Å²) in [5, 5.41) is 9.49. The second-order valence-electron chi connectivity index (χ2n) is 3.09. The molecule has 0 saturated carbocycles. The fourth-order valence-electron chi connectivity index (χ4n) is 1.33. The molecule has 1 atom stereocenters. The molecule has 3 N–H and O–H groups in total. The summed E-state index contributed by atoms with van der Waals surface area (Å²) in [5.74, 6) is 1.11. The smallest absolute Gasteiger partial charge is 0.220 e. The first-order valence-corrected chi connectivity index (χ1v) is 4.67. The van der Waals surface area contributed by atoms with Gasteiger partial charge in [0.15, 0.2) is 0 Å². The highest BCUT2D eigenvalue weighted by Gasteiger charge is 2.14. The van der Waals surface area contributed by atoms with Crippen LogP contribution in [-0.2, 0) is 6.42 Å². The minimum Gasteiger partial charge on any atom is -0.496 e. The molecule has 5 nitrogen and oxygen atoms in total. The van der Waals surface area contributed by atoms with Gasteiger partial charge in [-0.2, -0.15) is 0 Å². The van der Waals surface area contributed by atoms with Crippen LogP contribution in [0.3, 0.4) is 0 Å². The van der Waals surface area contributed by atoms with Crippen molar-refractivity contribution in [1.29, 1.82) is 0 Å². The summed E-state index contributed by atoms with van der Waals surface area (Å²) in [4.78, 5) is 4.04. The average Bonchev–Trinajstić information content (AvgIpc) is 2.29. The zero-order chi connectivity index (χ0) is 11.3. The van der Waals surface area contributed by atoms with Crippen molar-refractivity contribution >= 4 is 0 Å². The molecule has 0 fully saturated rings. The number of hydrogen-bond acceptors (Lipinski definition) is 5. The molecule has 0 saturated heterocycles. The van der Waals surface area contributed by atoms with Gasteiger partial charge in [-0.05, 0) is 6.07 Å². The Hall–Kier alpha value is -1.33. The van der Waals surface area contributed by atoms with Crippen LogP contribution in [0.1, 0.15) is 5.56 Å². The summed E-state index contributed by atoms with van der Waals surface area (Å²) < 4.78 is 10.3. The third-order valence-corrected chi connectivity index (χ3v) is 2.10. The maximum atomic E-state index is 9.49. The van der Waals surface area contributed by atoms with Crippen LogP contribution in [0.2, 0.25) is 0 Å². The van der Waals surface area contributed by atoms with E-state index in [1.807, 2.05) is 0 Å². The molecule has 0 aliphatic carbocycles. The van der Waals surface area contributed by atoms with Gasteiger partial charge in [0, 0.05) is 19.2 Å². The first kappa shape index (κ1) is 11.7.